The summed E-state index contributed by atoms with van der Waals surface area (Å²) in [6.07, 6.45) is 0. The summed E-state index contributed by atoms with van der Waals surface area (Å²) in [5.74, 6) is 0. The van der Waals surface area contributed by atoms with Crippen LogP contribution in [0.2, 0.25) is 0 Å². The third-order valence-corrected chi connectivity index (χ3v) is 17.3. The predicted molar refractivity (Wildman–Crippen MR) is 251 cm³/mol. The van der Waals surface area contributed by atoms with Crippen LogP contribution in [0.25, 0.3) is 55.0 Å². The molecule has 0 amide bonds. The maximum absolute atomic E-state index is 15.4. The molecule has 0 bridgehead atoms. The molecule has 1 unspecified atom stereocenters. The lowest BCUT2D eigenvalue weighted by molar-refractivity contribution is 0.592. The minimum Gasteiger partial charge on any atom is -0.309 e. The molecular formula is C55H35N2OPS. The molecule has 11 aromatic rings. The number of aromatic nitrogens is 2. The molecule has 0 radical (unpaired) electrons. The third kappa shape index (κ3) is 4.39. The number of rotatable bonds is 4. The van der Waals surface area contributed by atoms with Crippen molar-refractivity contribution in [3.8, 4) is 11.4 Å². The fraction of sp³-hybridized carbons (Fsp3) is 0.0182. The van der Waals surface area contributed by atoms with Crippen molar-refractivity contribution < 1.29 is 4.57 Å². The maximum Gasteiger partial charge on any atom is 0.171 e. The average Bonchev–Trinajstić information content (AvgIpc) is 3.83. The Kier molecular flexibility index (Phi) is 7.14. The molecule has 2 aromatic heterocycles. The average molecular weight is 803 g/mol. The van der Waals surface area contributed by atoms with Crippen molar-refractivity contribution >= 4 is 78.4 Å². The van der Waals surface area contributed by atoms with Gasteiger partial charge in [-0.05, 0) is 82.9 Å². The number of nitrogens with zero attached hydrogens (tertiary/aromatic N) is 2. The van der Waals surface area contributed by atoms with Crippen LogP contribution in [-0.2, 0) is 9.98 Å². The molecule has 1 spiro atoms. The van der Waals surface area contributed by atoms with Crippen LogP contribution in [0.15, 0.2) is 222 Å². The minimum absolute atomic E-state index is 0.588. The molecule has 5 heteroatoms. The second-order valence-electron chi connectivity index (χ2n) is 15.9. The molecule has 2 aliphatic heterocycles. The first-order valence-corrected chi connectivity index (χ1v) is 23.0. The Bertz CT molecular complexity index is 3560. The van der Waals surface area contributed by atoms with E-state index in [-0.39, 0.29) is 0 Å². The van der Waals surface area contributed by atoms with Gasteiger partial charge in [0.25, 0.3) is 0 Å². The first-order chi connectivity index (χ1) is 29.7. The molecule has 13 rings (SSSR count). The van der Waals surface area contributed by atoms with Crippen LogP contribution in [0, 0.1) is 0 Å². The second-order valence-corrected chi connectivity index (χ2v) is 19.8. The molecule has 0 fully saturated rings. The number of hydrogen-bond acceptors (Lipinski definition) is 2. The highest BCUT2D eigenvalue weighted by atomic mass is 32.2. The van der Waals surface area contributed by atoms with Crippen LogP contribution < -0.4 is 15.9 Å². The summed E-state index contributed by atoms with van der Waals surface area (Å²) in [5.41, 5.74) is 11.6. The summed E-state index contributed by atoms with van der Waals surface area (Å²) in [7, 11) is -3.14. The molecule has 60 heavy (non-hydrogen) atoms. The van der Waals surface area contributed by atoms with E-state index >= 15 is 4.57 Å². The molecule has 0 aliphatic carbocycles. The Morgan fingerprint density at radius 1 is 0.383 bits per heavy atom. The number of para-hydroxylation sites is 4. The Labute approximate surface area is 351 Å². The molecule has 0 saturated carbocycles. The Morgan fingerprint density at radius 3 is 1.67 bits per heavy atom. The van der Waals surface area contributed by atoms with Crippen LogP contribution in [0.3, 0.4) is 0 Å². The van der Waals surface area contributed by atoms with Gasteiger partial charge in [0.15, 0.2) is 7.14 Å². The fourth-order valence-corrected chi connectivity index (χ4v) is 14.5. The molecule has 3 nitrogen and oxygen atoms in total. The van der Waals surface area contributed by atoms with Crippen LogP contribution in [0.1, 0.15) is 22.3 Å². The number of hydrogen-bond donors (Lipinski definition) is 0. The van der Waals surface area contributed by atoms with E-state index in [1.807, 2.05) is 72.4 Å². The number of fused-ring (bicyclic) bond motifs is 14. The van der Waals surface area contributed by atoms with Crippen molar-refractivity contribution in [2.24, 2.45) is 0 Å². The van der Waals surface area contributed by atoms with Crippen LogP contribution in [0.5, 0.6) is 0 Å². The second kappa shape index (κ2) is 12.6. The van der Waals surface area contributed by atoms with Gasteiger partial charge in [-0.3, -0.25) is 0 Å². The van der Waals surface area contributed by atoms with E-state index in [9.17, 15) is 0 Å². The molecule has 1 atom stereocenters. The van der Waals surface area contributed by atoms with E-state index in [1.54, 1.807) is 0 Å². The molecule has 0 saturated heterocycles. The van der Waals surface area contributed by atoms with Gasteiger partial charge in [-0.25, -0.2) is 0 Å². The van der Waals surface area contributed by atoms with Crippen molar-refractivity contribution in [3.63, 3.8) is 0 Å². The van der Waals surface area contributed by atoms with Gasteiger partial charge in [-0.15, -0.1) is 0 Å². The van der Waals surface area contributed by atoms with Crippen molar-refractivity contribution in [2.45, 2.75) is 15.2 Å². The van der Waals surface area contributed by atoms with Gasteiger partial charge in [-0.2, -0.15) is 0 Å². The van der Waals surface area contributed by atoms with Gasteiger partial charge in [0.2, 0.25) is 0 Å². The zero-order chi connectivity index (χ0) is 39.6. The van der Waals surface area contributed by atoms with E-state index < -0.39 is 12.6 Å². The lowest BCUT2D eigenvalue weighted by atomic mass is 9.62. The van der Waals surface area contributed by atoms with Crippen molar-refractivity contribution in [1.29, 1.82) is 0 Å². The first kappa shape index (κ1) is 34.1. The summed E-state index contributed by atoms with van der Waals surface area (Å²) in [6.45, 7) is 0. The Hall–Kier alpha value is -6.84. The molecule has 0 N–H and O–H groups in total. The van der Waals surface area contributed by atoms with Crippen molar-refractivity contribution in [1.82, 2.24) is 9.13 Å². The predicted octanol–water partition coefficient (Wildman–Crippen LogP) is 12.7. The summed E-state index contributed by atoms with van der Waals surface area (Å²) >= 11 is 1.88. The number of benzene rings is 9. The third-order valence-electron chi connectivity index (χ3n) is 13.0. The molecular weight excluding hydrogens is 768 g/mol. The fourth-order valence-electron chi connectivity index (χ4n) is 10.6. The highest BCUT2D eigenvalue weighted by Crippen LogP contribution is 2.61. The zero-order valence-electron chi connectivity index (χ0n) is 32.4. The summed E-state index contributed by atoms with van der Waals surface area (Å²) in [5, 5.41) is 7.44. The lowest BCUT2D eigenvalue weighted by Crippen LogP contribution is -2.37. The molecule has 9 aromatic carbocycles. The van der Waals surface area contributed by atoms with Gasteiger partial charge in [0.1, 0.15) is 0 Å². The standard InChI is InChI=1S/C55H35N2OPS/c58-59(37-16-3-1-4-17-37,38-18-5-2-6-19-38)39-32-30-36(31-33-39)56-48-26-11-8-21-41(48)43-34-53-47(35-51(43)56)55(45-24-10-14-29-52(45)60-53)44-23-9-13-28-50(44)57-49-27-12-7-20-40(49)42-22-15-25-46(55)54(42)57/h1-35H. The maximum atomic E-state index is 15.4. The lowest BCUT2D eigenvalue weighted by Gasteiger charge is -2.45. The zero-order valence-corrected chi connectivity index (χ0v) is 34.1. The topological polar surface area (TPSA) is 26.9 Å². The normalized spacial score (nSPS) is 15.4. The van der Waals surface area contributed by atoms with Crippen molar-refractivity contribution in [3.05, 3.63) is 235 Å². The van der Waals surface area contributed by atoms with Gasteiger partial charge in [0.05, 0.1) is 33.2 Å². The molecule has 2 aliphatic rings. The van der Waals surface area contributed by atoms with E-state index in [0.717, 1.165) is 32.6 Å². The van der Waals surface area contributed by atoms with Crippen molar-refractivity contribution in [2.75, 3.05) is 0 Å². The molecule has 4 heterocycles. The van der Waals surface area contributed by atoms with Crippen LogP contribution in [-0.4, -0.2) is 9.13 Å². The van der Waals surface area contributed by atoms with Gasteiger partial charge in [-0.1, -0.05) is 163 Å². The monoisotopic (exact) mass is 802 g/mol. The summed E-state index contributed by atoms with van der Waals surface area (Å²) in [6, 6.07) is 75.9. The van der Waals surface area contributed by atoms with E-state index in [0.29, 0.717) is 0 Å². The quantitative estimate of drug-likeness (QED) is 0.166. The smallest absolute Gasteiger partial charge is 0.171 e. The van der Waals surface area contributed by atoms with Gasteiger partial charge < -0.3 is 13.7 Å². The minimum atomic E-state index is -3.14. The van der Waals surface area contributed by atoms with E-state index in [1.165, 1.54) is 70.3 Å². The summed E-state index contributed by atoms with van der Waals surface area (Å²) < 4.78 is 20.3. The van der Waals surface area contributed by atoms with E-state index in [2.05, 4.69) is 161 Å². The first-order valence-electron chi connectivity index (χ1n) is 20.5. The van der Waals surface area contributed by atoms with E-state index in [4.69, 9.17) is 0 Å². The van der Waals surface area contributed by atoms with Crippen LogP contribution in [0.4, 0.5) is 0 Å². The van der Waals surface area contributed by atoms with Gasteiger partial charge >= 0.3 is 0 Å². The Morgan fingerprint density at radius 2 is 0.933 bits per heavy atom. The largest absolute Gasteiger partial charge is 0.309 e. The van der Waals surface area contributed by atoms with Crippen LogP contribution >= 0.6 is 18.9 Å². The highest BCUT2D eigenvalue weighted by molar-refractivity contribution is 7.99. The highest BCUT2D eigenvalue weighted by Gasteiger charge is 2.49. The molecule has 282 valence electrons. The Balaban J connectivity index is 1.11. The SMILES string of the molecule is O=P(c1ccccc1)(c1ccccc1)c1ccc(-n2c3ccccc3c3cc4c(cc32)C2(c3ccccc3S4)c3ccccc3-n3c4ccccc4c4cccc2c43)cc1. The van der Waals surface area contributed by atoms with Gasteiger partial charge in [0, 0.05) is 52.9 Å². The summed E-state index contributed by atoms with van der Waals surface area (Å²) in [4.78, 5) is 2.55.